The third kappa shape index (κ3) is 7.02. The van der Waals surface area contributed by atoms with E-state index in [1.54, 1.807) is 74.8 Å². The van der Waals surface area contributed by atoms with Crippen molar-refractivity contribution in [3.05, 3.63) is 72.3 Å². The Morgan fingerprint density at radius 1 is 0.974 bits per heavy atom. The predicted molar refractivity (Wildman–Crippen MR) is 152 cm³/mol. The van der Waals surface area contributed by atoms with Crippen LogP contribution in [0.1, 0.15) is 18.9 Å². The molecule has 0 bridgehead atoms. The van der Waals surface area contributed by atoms with Crippen molar-refractivity contribution in [3.8, 4) is 23.0 Å². The normalized spacial score (nSPS) is 16.1. The summed E-state index contributed by atoms with van der Waals surface area (Å²) in [6.07, 6.45) is 0.0244. The fourth-order valence-corrected chi connectivity index (χ4v) is 5.08. The Morgan fingerprint density at radius 3 is 2.44 bits per heavy atom. The molecule has 1 aliphatic heterocycles. The van der Waals surface area contributed by atoms with Crippen LogP contribution in [0.3, 0.4) is 0 Å². The van der Waals surface area contributed by atoms with Crippen molar-refractivity contribution in [2.75, 3.05) is 33.3 Å². The van der Waals surface area contributed by atoms with Crippen LogP contribution >= 0.6 is 11.8 Å². The van der Waals surface area contributed by atoms with Crippen molar-refractivity contribution in [3.63, 3.8) is 0 Å². The van der Waals surface area contributed by atoms with Gasteiger partial charge in [-0.2, -0.15) is 0 Å². The quantitative estimate of drug-likeness (QED) is 0.368. The standard InChI is InChI=1S/C29H31N3O6S/c1-5-38-23-8-6-7-21(16-23)30-28(34)26-17-27(33)32(18-19-9-14-24(36-3)25(15-19)37-4)29(39-26)31-20-10-12-22(35-2)13-11-20/h6-16,26H,5,17-18H2,1-4H3,(H,30,34)/t26-/m0/s1. The zero-order chi connectivity index (χ0) is 27.8. The number of benzene rings is 3. The van der Waals surface area contributed by atoms with Crippen molar-refractivity contribution in [2.45, 2.75) is 25.1 Å². The van der Waals surface area contributed by atoms with Gasteiger partial charge in [0.15, 0.2) is 16.7 Å². The van der Waals surface area contributed by atoms with Gasteiger partial charge in [-0.3, -0.25) is 14.5 Å². The molecular weight excluding hydrogens is 518 g/mol. The number of ether oxygens (including phenoxy) is 4. The number of thioether (sulfide) groups is 1. The molecule has 1 fully saturated rings. The van der Waals surface area contributed by atoms with E-state index >= 15 is 0 Å². The van der Waals surface area contributed by atoms with Gasteiger partial charge in [-0.1, -0.05) is 23.9 Å². The van der Waals surface area contributed by atoms with Gasteiger partial charge in [0, 0.05) is 18.2 Å². The number of aliphatic imine (C=N–C) groups is 1. The topological polar surface area (TPSA) is 98.7 Å². The molecule has 1 saturated heterocycles. The number of rotatable bonds is 10. The van der Waals surface area contributed by atoms with Crippen LogP contribution in [-0.2, 0) is 16.1 Å². The monoisotopic (exact) mass is 549 g/mol. The molecule has 4 rings (SSSR count). The van der Waals surface area contributed by atoms with E-state index in [1.165, 1.54) is 11.8 Å². The minimum absolute atomic E-state index is 0.0244. The van der Waals surface area contributed by atoms with Crippen molar-refractivity contribution in [1.82, 2.24) is 4.90 Å². The summed E-state index contributed by atoms with van der Waals surface area (Å²) in [5.74, 6) is 2.02. The first kappa shape index (κ1) is 27.8. The van der Waals surface area contributed by atoms with Gasteiger partial charge in [-0.15, -0.1) is 0 Å². The number of nitrogens with one attached hydrogen (secondary N) is 1. The smallest absolute Gasteiger partial charge is 0.238 e. The summed E-state index contributed by atoms with van der Waals surface area (Å²) in [6, 6.07) is 19.8. The Morgan fingerprint density at radius 2 is 1.74 bits per heavy atom. The maximum Gasteiger partial charge on any atom is 0.238 e. The summed E-state index contributed by atoms with van der Waals surface area (Å²) in [5.41, 5.74) is 2.06. The van der Waals surface area contributed by atoms with Crippen LogP contribution in [0, 0.1) is 0 Å². The third-order valence-electron chi connectivity index (χ3n) is 5.93. The van der Waals surface area contributed by atoms with Gasteiger partial charge in [0.25, 0.3) is 0 Å². The molecule has 3 aromatic rings. The van der Waals surface area contributed by atoms with E-state index in [9.17, 15) is 9.59 Å². The number of hydrogen-bond donors (Lipinski definition) is 1. The first-order valence-electron chi connectivity index (χ1n) is 12.4. The van der Waals surface area contributed by atoms with E-state index in [4.69, 9.17) is 23.9 Å². The second kappa shape index (κ2) is 13.1. The van der Waals surface area contributed by atoms with E-state index in [1.807, 2.05) is 25.1 Å². The van der Waals surface area contributed by atoms with Crippen LogP contribution < -0.4 is 24.3 Å². The maximum absolute atomic E-state index is 13.4. The highest BCUT2D eigenvalue weighted by Gasteiger charge is 2.36. The first-order chi connectivity index (χ1) is 18.9. The highest BCUT2D eigenvalue weighted by Crippen LogP contribution is 2.33. The van der Waals surface area contributed by atoms with Crippen LogP contribution in [0.15, 0.2) is 71.7 Å². The molecule has 9 nitrogen and oxygen atoms in total. The molecule has 0 spiro atoms. The van der Waals surface area contributed by atoms with Crippen LogP contribution in [0.25, 0.3) is 0 Å². The summed E-state index contributed by atoms with van der Waals surface area (Å²) in [5, 5.41) is 2.68. The lowest BCUT2D eigenvalue weighted by atomic mass is 10.1. The predicted octanol–water partition coefficient (Wildman–Crippen LogP) is 5.27. The number of carbonyl (C=O) groups is 2. The van der Waals surface area contributed by atoms with Gasteiger partial charge in [0.1, 0.15) is 16.7 Å². The second-order valence-electron chi connectivity index (χ2n) is 8.52. The van der Waals surface area contributed by atoms with Crippen molar-refractivity contribution >= 4 is 40.1 Å². The van der Waals surface area contributed by atoms with Gasteiger partial charge in [0.2, 0.25) is 11.8 Å². The molecule has 1 heterocycles. The number of amides is 2. The molecule has 1 aliphatic rings. The molecule has 3 aromatic carbocycles. The number of amidine groups is 1. The lowest BCUT2D eigenvalue weighted by Gasteiger charge is -2.32. The zero-order valence-electron chi connectivity index (χ0n) is 22.3. The molecule has 1 atom stereocenters. The fraction of sp³-hybridized carbons (Fsp3) is 0.276. The van der Waals surface area contributed by atoms with E-state index in [0.29, 0.717) is 46.1 Å². The molecule has 1 N–H and O–H groups in total. The van der Waals surface area contributed by atoms with Gasteiger partial charge in [0.05, 0.1) is 40.2 Å². The molecule has 0 unspecified atom stereocenters. The SMILES string of the molecule is CCOc1cccc(NC(=O)[C@@H]2CC(=O)N(Cc3ccc(OC)c(OC)c3)C(=Nc3ccc(OC)cc3)S2)c1. The Hall–Kier alpha value is -4.18. The molecular formula is C29H31N3O6S. The summed E-state index contributed by atoms with van der Waals surface area (Å²) in [4.78, 5) is 33.0. The Balaban J connectivity index is 1.60. The minimum atomic E-state index is -0.660. The number of anilines is 1. The van der Waals surface area contributed by atoms with Crippen LogP contribution in [0.4, 0.5) is 11.4 Å². The van der Waals surface area contributed by atoms with Gasteiger partial charge in [-0.05, 0) is 61.0 Å². The van der Waals surface area contributed by atoms with E-state index in [2.05, 4.69) is 5.32 Å². The van der Waals surface area contributed by atoms with Crippen LogP contribution in [-0.4, -0.2) is 55.1 Å². The van der Waals surface area contributed by atoms with Crippen molar-refractivity contribution in [1.29, 1.82) is 0 Å². The molecule has 0 radical (unpaired) electrons. The van der Waals surface area contributed by atoms with Gasteiger partial charge in [-0.25, -0.2) is 4.99 Å². The molecule has 0 aromatic heterocycles. The van der Waals surface area contributed by atoms with E-state index < -0.39 is 5.25 Å². The largest absolute Gasteiger partial charge is 0.497 e. The third-order valence-corrected chi connectivity index (χ3v) is 7.12. The number of carbonyl (C=O) groups excluding carboxylic acids is 2. The highest BCUT2D eigenvalue weighted by atomic mass is 32.2. The van der Waals surface area contributed by atoms with Gasteiger partial charge < -0.3 is 24.3 Å². The number of hydrogen-bond acceptors (Lipinski definition) is 8. The molecule has 2 amide bonds. The number of methoxy groups -OCH3 is 3. The first-order valence-corrected chi connectivity index (χ1v) is 13.3. The number of nitrogens with zero attached hydrogens (tertiary/aromatic N) is 2. The molecule has 10 heteroatoms. The highest BCUT2D eigenvalue weighted by molar-refractivity contribution is 8.15. The molecule has 204 valence electrons. The van der Waals surface area contributed by atoms with Crippen LogP contribution in [0.5, 0.6) is 23.0 Å². The van der Waals surface area contributed by atoms with Crippen LogP contribution in [0.2, 0.25) is 0 Å². The summed E-state index contributed by atoms with van der Waals surface area (Å²) >= 11 is 1.25. The summed E-state index contributed by atoms with van der Waals surface area (Å²) in [6.45, 7) is 2.67. The average molecular weight is 550 g/mol. The maximum atomic E-state index is 13.4. The summed E-state index contributed by atoms with van der Waals surface area (Å²) < 4.78 is 21.5. The average Bonchev–Trinajstić information content (AvgIpc) is 2.95. The van der Waals surface area contributed by atoms with Crippen molar-refractivity contribution < 1.29 is 28.5 Å². The molecule has 39 heavy (non-hydrogen) atoms. The Kier molecular flexibility index (Phi) is 9.32. The minimum Gasteiger partial charge on any atom is -0.497 e. The molecule has 0 saturated carbocycles. The lowest BCUT2D eigenvalue weighted by molar-refractivity contribution is -0.129. The van der Waals surface area contributed by atoms with E-state index in [-0.39, 0.29) is 24.8 Å². The van der Waals surface area contributed by atoms with E-state index in [0.717, 1.165) is 5.56 Å². The zero-order valence-corrected chi connectivity index (χ0v) is 23.1. The van der Waals surface area contributed by atoms with Gasteiger partial charge >= 0.3 is 0 Å². The Labute approximate surface area is 232 Å². The fourth-order valence-electron chi connectivity index (χ4n) is 3.98. The summed E-state index contributed by atoms with van der Waals surface area (Å²) in [7, 11) is 4.72. The molecule has 0 aliphatic carbocycles. The van der Waals surface area contributed by atoms with Crippen molar-refractivity contribution in [2.24, 2.45) is 4.99 Å². The second-order valence-corrected chi connectivity index (χ2v) is 9.69. The lowest BCUT2D eigenvalue weighted by Crippen LogP contribution is -2.44. The Bertz CT molecular complexity index is 1350.